The molecular weight excluding hydrogens is 176 g/mol. The normalized spacial score (nSPS) is 23.5. The zero-order valence-corrected chi connectivity index (χ0v) is 9.62. The van der Waals surface area contributed by atoms with E-state index in [4.69, 9.17) is 0 Å². The van der Waals surface area contributed by atoms with E-state index in [0.717, 1.165) is 38.9 Å². The predicted molar refractivity (Wildman–Crippen MR) is 58.1 cm³/mol. The summed E-state index contributed by atoms with van der Waals surface area (Å²) in [5.74, 6) is 0.573. The van der Waals surface area contributed by atoms with Gasteiger partial charge in [0, 0.05) is 20.1 Å². The third kappa shape index (κ3) is 2.98. The number of carbonyl (C=O) groups excluding carboxylic acids is 1. The van der Waals surface area contributed by atoms with Crippen molar-refractivity contribution < 1.29 is 4.79 Å². The number of amides is 1. The van der Waals surface area contributed by atoms with E-state index in [9.17, 15) is 4.79 Å². The Morgan fingerprint density at radius 3 is 2.86 bits per heavy atom. The van der Waals surface area contributed by atoms with Crippen molar-refractivity contribution in [1.29, 1.82) is 0 Å². The summed E-state index contributed by atoms with van der Waals surface area (Å²) in [5, 5.41) is 0. The van der Waals surface area contributed by atoms with E-state index in [1.165, 1.54) is 0 Å². The summed E-state index contributed by atoms with van der Waals surface area (Å²) in [5.41, 5.74) is 0. The number of rotatable bonds is 3. The van der Waals surface area contributed by atoms with Crippen LogP contribution in [0.2, 0.25) is 0 Å². The average Bonchev–Trinajstić information content (AvgIpc) is 2.17. The molecule has 0 aromatic carbocycles. The second-order valence-electron chi connectivity index (χ2n) is 4.36. The van der Waals surface area contributed by atoms with E-state index in [1.807, 2.05) is 11.9 Å². The van der Waals surface area contributed by atoms with Gasteiger partial charge >= 0.3 is 0 Å². The number of hydrogen-bond acceptors (Lipinski definition) is 2. The van der Waals surface area contributed by atoms with Crippen molar-refractivity contribution in [2.45, 2.75) is 26.2 Å². The van der Waals surface area contributed by atoms with Crippen LogP contribution >= 0.6 is 0 Å². The maximum absolute atomic E-state index is 11.9. The molecule has 0 saturated carbocycles. The second-order valence-corrected chi connectivity index (χ2v) is 4.36. The Balaban J connectivity index is 2.42. The summed E-state index contributed by atoms with van der Waals surface area (Å²) in [6, 6.07) is 0. The second kappa shape index (κ2) is 5.35. The quantitative estimate of drug-likeness (QED) is 0.680. The minimum absolute atomic E-state index is 0.241. The largest absolute Gasteiger partial charge is 0.345 e. The molecule has 1 atom stereocenters. The summed E-state index contributed by atoms with van der Waals surface area (Å²) in [6.45, 7) is 5.07. The Kier molecular flexibility index (Phi) is 4.39. The van der Waals surface area contributed by atoms with Gasteiger partial charge in [0.15, 0.2) is 0 Å². The van der Waals surface area contributed by atoms with Gasteiger partial charge in [0.25, 0.3) is 0 Å². The van der Waals surface area contributed by atoms with Crippen molar-refractivity contribution in [2.75, 3.05) is 33.7 Å². The van der Waals surface area contributed by atoms with Crippen LogP contribution in [0.15, 0.2) is 0 Å². The molecule has 82 valence electrons. The monoisotopic (exact) mass is 198 g/mol. The first-order valence-electron chi connectivity index (χ1n) is 5.58. The summed E-state index contributed by atoms with van der Waals surface area (Å²) < 4.78 is 0. The van der Waals surface area contributed by atoms with Crippen LogP contribution in [0.25, 0.3) is 0 Å². The Hall–Kier alpha value is -0.570. The van der Waals surface area contributed by atoms with Crippen LogP contribution in [0.3, 0.4) is 0 Å². The Labute approximate surface area is 87.1 Å². The highest BCUT2D eigenvalue weighted by Gasteiger charge is 2.25. The van der Waals surface area contributed by atoms with E-state index in [1.54, 1.807) is 0 Å². The standard InChI is InChI=1S/C11H22N2O/c1-4-7-13(3)11(14)10-6-5-8-12(2)9-10/h10H,4-9H2,1-3H3. The molecule has 1 fully saturated rings. The van der Waals surface area contributed by atoms with E-state index in [2.05, 4.69) is 18.9 Å². The average molecular weight is 198 g/mol. The van der Waals surface area contributed by atoms with Crippen molar-refractivity contribution in [1.82, 2.24) is 9.80 Å². The van der Waals surface area contributed by atoms with Crippen molar-refractivity contribution in [3.8, 4) is 0 Å². The van der Waals surface area contributed by atoms with Crippen LogP contribution in [0.5, 0.6) is 0 Å². The zero-order chi connectivity index (χ0) is 10.6. The van der Waals surface area contributed by atoms with E-state index in [0.29, 0.717) is 5.91 Å². The molecule has 0 radical (unpaired) electrons. The Morgan fingerprint density at radius 1 is 1.57 bits per heavy atom. The fraction of sp³-hybridized carbons (Fsp3) is 0.909. The number of nitrogens with zero attached hydrogens (tertiary/aromatic N) is 2. The molecule has 14 heavy (non-hydrogen) atoms. The van der Waals surface area contributed by atoms with E-state index >= 15 is 0 Å². The number of carbonyl (C=O) groups is 1. The first kappa shape index (κ1) is 11.5. The van der Waals surface area contributed by atoms with Gasteiger partial charge in [0.1, 0.15) is 0 Å². The van der Waals surface area contributed by atoms with Gasteiger partial charge in [-0.3, -0.25) is 4.79 Å². The van der Waals surface area contributed by atoms with Gasteiger partial charge in [-0.15, -0.1) is 0 Å². The van der Waals surface area contributed by atoms with Crippen molar-refractivity contribution in [3.05, 3.63) is 0 Å². The van der Waals surface area contributed by atoms with Crippen molar-refractivity contribution >= 4 is 5.91 Å². The molecule has 1 saturated heterocycles. The van der Waals surface area contributed by atoms with Crippen LogP contribution in [-0.2, 0) is 4.79 Å². The molecule has 3 nitrogen and oxygen atoms in total. The first-order valence-corrected chi connectivity index (χ1v) is 5.58. The van der Waals surface area contributed by atoms with Crippen LogP contribution in [0, 0.1) is 5.92 Å². The van der Waals surface area contributed by atoms with E-state index < -0.39 is 0 Å². The molecule has 1 unspecified atom stereocenters. The molecule has 0 aliphatic carbocycles. The van der Waals surface area contributed by atoms with Crippen LogP contribution in [-0.4, -0.2) is 49.4 Å². The molecule has 1 aliphatic rings. The molecule has 1 rings (SSSR count). The minimum atomic E-state index is 0.241. The molecule has 0 aromatic heterocycles. The lowest BCUT2D eigenvalue weighted by molar-refractivity contribution is -0.135. The molecule has 3 heteroatoms. The Bertz CT molecular complexity index is 194. The summed E-state index contributed by atoms with van der Waals surface area (Å²) in [7, 11) is 4.01. The number of piperidine rings is 1. The highest BCUT2D eigenvalue weighted by molar-refractivity contribution is 5.78. The maximum Gasteiger partial charge on any atom is 0.226 e. The fourth-order valence-electron chi connectivity index (χ4n) is 2.13. The van der Waals surface area contributed by atoms with Crippen LogP contribution in [0.4, 0.5) is 0 Å². The van der Waals surface area contributed by atoms with Gasteiger partial charge in [-0.2, -0.15) is 0 Å². The third-order valence-corrected chi connectivity index (χ3v) is 2.91. The van der Waals surface area contributed by atoms with Gasteiger partial charge in [0.05, 0.1) is 5.92 Å². The predicted octanol–water partition coefficient (Wildman–Crippen LogP) is 1.20. The van der Waals surface area contributed by atoms with E-state index in [-0.39, 0.29) is 5.92 Å². The molecule has 1 heterocycles. The Morgan fingerprint density at radius 2 is 2.29 bits per heavy atom. The number of likely N-dealkylation sites (tertiary alicyclic amines) is 1. The number of hydrogen-bond donors (Lipinski definition) is 0. The summed E-state index contributed by atoms with van der Waals surface area (Å²) >= 11 is 0. The van der Waals surface area contributed by atoms with Crippen molar-refractivity contribution in [3.63, 3.8) is 0 Å². The van der Waals surface area contributed by atoms with Gasteiger partial charge < -0.3 is 9.80 Å². The lowest BCUT2D eigenvalue weighted by atomic mass is 9.97. The van der Waals surface area contributed by atoms with Gasteiger partial charge in [-0.25, -0.2) is 0 Å². The summed E-state index contributed by atoms with van der Waals surface area (Å²) in [4.78, 5) is 16.1. The lowest BCUT2D eigenvalue weighted by Crippen LogP contribution is -2.42. The topological polar surface area (TPSA) is 23.6 Å². The molecule has 0 N–H and O–H groups in total. The van der Waals surface area contributed by atoms with Gasteiger partial charge in [-0.05, 0) is 32.9 Å². The molecule has 0 bridgehead atoms. The van der Waals surface area contributed by atoms with Crippen molar-refractivity contribution in [2.24, 2.45) is 5.92 Å². The summed E-state index contributed by atoms with van der Waals surface area (Å²) in [6.07, 6.45) is 3.27. The SMILES string of the molecule is CCCN(C)C(=O)C1CCCN(C)C1. The van der Waals surface area contributed by atoms with Crippen LogP contribution < -0.4 is 0 Å². The molecule has 0 aromatic rings. The van der Waals surface area contributed by atoms with Crippen LogP contribution in [0.1, 0.15) is 26.2 Å². The first-order chi connectivity index (χ1) is 6.65. The lowest BCUT2D eigenvalue weighted by Gasteiger charge is -2.31. The fourth-order valence-corrected chi connectivity index (χ4v) is 2.13. The minimum Gasteiger partial charge on any atom is -0.345 e. The molecule has 1 aliphatic heterocycles. The maximum atomic E-state index is 11.9. The highest BCUT2D eigenvalue weighted by Crippen LogP contribution is 2.17. The zero-order valence-electron chi connectivity index (χ0n) is 9.62. The smallest absolute Gasteiger partial charge is 0.226 e. The van der Waals surface area contributed by atoms with Gasteiger partial charge in [-0.1, -0.05) is 6.92 Å². The van der Waals surface area contributed by atoms with Gasteiger partial charge in [0.2, 0.25) is 5.91 Å². The third-order valence-electron chi connectivity index (χ3n) is 2.91. The highest BCUT2D eigenvalue weighted by atomic mass is 16.2. The molecule has 0 spiro atoms. The molecule has 1 amide bonds. The molecular formula is C11H22N2O.